The summed E-state index contributed by atoms with van der Waals surface area (Å²) in [4.78, 5) is 10.2. The van der Waals surface area contributed by atoms with Gasteiger partial charge in [0.2, 0.25) is 0 Å². The lowest BCUT2D eigenvalue weighted by Gasteiger charge is -2.16. The van der Waals surface area contributed by atoms with Crippen LogP contribution < -0.4 is 0 Å². The lowest BCUT2D eigenvalue weighted by molar-refractivity contribution is -0.136. The van der Waals surface area contributed by atoms with Crippen LogP contribution in [0.5, 0.6) is 0 Å². The molecule has 0 amide bonds. The first-order valence-electron chi connectivity index (χ1n) is 3.87. The van der Waals surface area contributed by atoms with Gasteiger partial charge < -0.3 is 5.11 Å². The Morgan fingerprint density at radius 2 is 2.00 bits per heavy atom. The fourth-order valence-corrected chi connectivity index (χ4v) is 1.25. The largest absolute Gasteiger partial charge is 0.481 e. The van der Waals surface area contributed by atoms with Crippen LogP contribution in [0.25, 0.3) is 0 Å². The summed E-state index contributed by atoms with van der Waals surface area (Å²) >= 11 is 5.81. The van der Waals surface area contributed by atoms with E-state index in [-0.39, 0.29) is 11.8 Å². The topological polar surface area (TPSA) is 37.3 Å². The molecule has 0 unspecified atom stereocenters. The third-order valence-electron chi connectivity index (χ3n) is 1.20. The Morgan fingerprint density at radius 3 is 2.33 bits per heavy atom. The van der Waals surface area contributed by atoms with E-state index in [0.717, 1.165) is 6.42 Å². The summed E-state index contributed by atoms with van der Waals surface area (Å²) in [7, 11) is 0. The second-order valence-corrected chi connectivity index (χ2v) is 4.47. The summed E-state index contributed by atoms with van der Waals surface area (Å²) in [6, 6.07) is 0. The first kappa shape index (κ1) is 11.5. The highest BCUT2D eigenvalue weighted by molar-refractivity contribution is 6.29. The summed E-state index contributed by atoms with van der Waals surface area (Å²) in [5.41, 5.74) is 0.117. The Kier molecular flexibility index (Phi) is 4.32. The number of allylic oxidation sites excluding steroid dienone is 1. The minimum absolute atomic E-state index is 0.00884. The molecule has 70 valence electrons. The minimum Gasteiger partial charge on any atom is -0.481 e. The van der Waals surface area contributed by atoms with Crippen LogP contribution in [0.1, 0.15) is 33.6 Å². The molecule has 12 heavy (non-hydrogen) atoms. The number of hydrogen-bond acceptors (Lipinski definition) is 1. The van der Waals surface area contributed by atoms with Crippen molar-refractivity contribution in [3.8, 4) is 0 Å². The van der Waals surface area contributed by atoms with E-state index < -0.39 is 5.97 Å². The number of halogens is 1. The van der Waals surface area contributed by atoms with Gasteiger partial charge in [0, 0.05) is 5.03 Å². The molecule has 0 saturated carbocycles. The zero-order chi connectivity index (χ0) is 9.78. The molecule has 0 aliphatic heterocycles. The lowest BCUT2D eigenvalue weighted by Crippen LogP contribution is -2.04. The smallest absolute Gasteiger partial charge is 0.307 e. The molecule has 0 heterocycles. The molecular weight excluding hydrogens is 176 g/mol. The number of carboxylic acid groups (broad SMARTS) is 1. The molecule has 1 N–H and O–H groups in total. The third kappa shape index (κ3) is 7.61. The number of carbonyl (C=O) groups is 1. The highest BCUT2D eigenvalue weighted by Crippen LogP contribution is 2.26. The fraction of sp³-hybridized carbons (Fsp3) is 0.667. The fourth-order valence-electron chi connectivity index (χ4n) is 0.777. The second-order valence-electron chi connectivity index (χ2n) is 3.99. The summed E-state index contributed by atoms with van der Waals surface area (Å²) < 4.78 is 0. The molecule has 0 aromatic heterocycles. The van der Waals surface area contributed by atoms with Crippen LogP contribution in [0.4, 0.5) is 0 Å². The normalized spacial score (nSPS) is 13.2. The molecule has 0 aliphatic rings. The Morgan fingerprint density at radius 1 is 1.50 bits per heavy atom. The first-order chi connectivity index (χ1) is 5.31. The van der Waals surface area contributed by atoms with Gasteiger partial charge in [-0.05, 0) is 11.8 Å². The van der Waals surface area contributed by atoms with E-state index in [1.807, 2.05) is 0 Å². The van der Waals surface area contributed by atoms with Crippen LogP contribution in [-0.2, 0) is 4.79 Å². The van der Waals surface area contributed by atoms with Gasteiger partial charge in [0.1, 0.15) is 0 Å². The van der Waals surface area contributed by atoms with Crippen LogP contribution in [0, 0.1) is 5.41 Å². The quantitative estimate of drug-likeness (QED) is 0.743. The average Bonchev–Trinajstić information content (AvgIpc) is 1.79. The highest BCUT2D eigenvalue weighted by atomic mass is 35.5. The van der Waals surface area contributed by atoms with E-state index in [9.17, 15) is 4.79 Å². The van der Waals surface area contributed by atoms with Crippen LogP contribution in [0.15, 0.2) is 11.1 Å². The molecule has 0 aromatic carbocycles. The Balaban J connectivity index is 3.95. The van der Waals surface area contributed by atoms with Gasteiger partial charge in [-0.2, -0.15) is 0 Å². The van der Waals surface area contributed by atoms with Gasteiger partial charge in [0.05, 0.1) is 6.42 Å². The molecule has 0 aliphatic carbocycles. The number of hydrogen-bond donors (Lipinski definition) is 1. The zero-order valence-corrected chi connectivity index (χ0v) is 8.48. The third-order valence-corrected chi connectivity index (χ3v) is 1.49. The van der Waals surface area contributed by atoms with Crippen molar-refractivity contribution in [1.29, 1.82) is 0 Å². The zero-order valence-electron chi connectivity index (χ0n) is 7.72. The lowest BCUT2D eigenvalue weighted by atomic mass is 9.92. The van der Waals surface area contributed by atoms with Crippen molar-refractivity contribution in [2.45, 2.75) is 33.6 Å². The van der Waals surface area contributed by atoms with Crippen molar-refractivity contribution in [1.82, 2.24) is 0 Å². The van der Waals surface area contributed by atoms with E-state index in [1.165, 1.54) is 0 Å². The number of rotatable bonds is 3. The van der Waals surface area contributed by atoms with E-state index in [4.69, 9.17) is 16.7 Å². The molecule has 0 radical (unpaired) electrons. The van der Waals surface area contributed by atoms with Crippen molar-refractivity contribution in [3.63, 3.8) is 0 Å². The van der Waals surface area contributed by atoms with Gasteiger partial charge in [-0.3, -0.25) is 4.79 Å². The van der Waals surface area contributed by atoms with E-state index in [0.29, 0.717) is 5.03 Å². The van der Waals surface area contributed by atoms with Crippen molar-refractivity contribution in [2.75, 3.05) is 0 Å². The first-order valence-corrected chi connectivity index (χ1v) is 4.25. The highest BCUT2D eigenvalue weighted by Gasteiger charge is 2.11. The summed E-state index contributed by atoms with van der Waals surface area (Å²) in [6.07, 6.45) is 2.28. The molecule has 0 saturated heterocycles. The molecule has 0 atom stereocenters. The molecule has 3 heteroatoms. The van der Waals surface area contributed by atoms with Gasteiger partial charge in [-0.15, -0.1) is 0 Å². The maximum absolute atomic E-state index is 10.2. The van der Waals surface area contributed by atoms with E-state index >= 15 is 0 Å². The Labute approximate surface area is 78.2 Å². The summed E-state index contributed by atoms with van der Waals surface area (Å²) in [5.74, 6) is -0.845. The van der Waals surface area contributed by atoms with Crippen LogP contribution >= 0.6 is 11.6 Å². The van der Waals surface area contributed by atoms with Crippen LogP contribution in [-0.4, -0.2) is 11.1 Å². The van der Waals surface area contributed by atoms with Crippen molar-refractivity contribution < 1.29 is 9.90 Å². The summed E-state index contributed by atoms with van der Waals surface area (Å²) in [5, 5.41) is 8.99. The molecule has 0 bridgehead atoms. The number of aliphatic carboxylic acids is 1. The van der Waals surface area contributed by atoms with Gasteiger partial charge in [0.15, 0.2) is 0 Å². The van der Waals surface area contributed by atoms with Gasteiger partial charge in [0.25, 0.3) is 0 Å². The SMILES string of the molecule is CC(C)(C)C/C(Cl)=C/CC(=O)O. The molecule has 0 fully saturated rings. The Bertz CT molecular complexity index is 189. The van der Waals surface area contributed by atoms with E-state index in [1.54, 1.807) is 6.08 Å². The summed E-state index contributed by atoms with van der Waals surface area (Å²) in [6.45, 7) is 6.18. The molecule has 0 spiro atoms. The maximum atomic E-state index is 10.2. The van der Waals surface area contributed by atoms with Crippen LogP contribution in [0.2, 0.25) is 0 Å². The van der Waals surface area contributed by atoms with Gasteiger partial charge in [-0.25, -0.2) is 0 Å². The number of carboxylic acids is 1. The second kappa shape index (κ2) is 4.51. The van der Waals surface area contributed by atoms with E-state index in [2.05, 4.69) is 20.8 Å². The van der Waals surface area contributed by atoms with Crippen molar-refractivity contribution >= 4 is 17.6 Å². The minimum atomic E-state index is -0.845. The average molecular weight is 191 g/mol. The molecule has 2 nitrogen and oxygen atoms in total. The Hall–Kier alpha value is -0.500. The van der Waals surface area contributed by atoms with Crippen molar-refractivity contribution in [3.05, 3.63) is 11.1 Å². The molecule has 0 aromatic rings. The van der Waals surface area contributed by atoms with Crippen LogP contribution in [0.3, 0.4) is 0 Å². The predicted molar refractivity (Wildman–Crippen MR) is 50.3 cm³/mol. The molecular formula is C9H15ClO2. The van der Waals surface area contributed by atoms with Crippen molar-refractivity contribution in [2.24, 2.45) is 5.41 Å². The van der Waals surface area contributed by atoms with Gasteiger partial charge in [-0.1, -0.05) is 38.4 Å². The maximum Gasteiger partial charge on any atom is 0.307 e. The standard InChI is InChI=1S/C9H15ClO2/c1-9(2,3)6-7(10)4-5-8(11)12/h4H,5-6H2,1-3H3,(H,11,12)/b7-4-. The monoisotopic (exact) mass is 190 g/mol. The predicted octanol–water partition coefficient (Wildman–Crippen LogP) is 3.02. The van der Waals surface area contributed by atoms with Gasteiger partial charge >= 0.3 is 5.97 Å². The molecule has 0 rings (SSSR count).